The molecule has 1 aliphatic heterocycles. The number of aryl methyl sites for hydroxylation is 1. The molecule has 0 bridgehead atoms. The Bertz CT molecular complexity index is 386. The standard InChI is InChI=1S/C14H19NO2/c1-3-11-8-12(15-14(11)16)9-17-13-6-4-10(2)5-7-13/h4-7,11-12H,3,8-9H2,1-2H3,(H,15,16)/t11-,12?/m1/s1. The van der Waals surface area contributed by atoms with Crippen LogP contribution in [0.1, 0.15) is 25.3 Å². The molecular weight excluding hydrogens is 214 g/mol. The quantitative estimate of drug-likeness (QED) is 0.866. The van der Waals surface area contributed by atoms with Crippen LogP contribution in [0.4, 0.5) is 0 Å². The molecule has 1 saturated heterocycles. The van der Waals surface area contributed by atoms with E-state index < -0.39 is 0 Å². The van der Waals surface area contributed by atoms with Gasteiger partial charge in [0.05, 0.1) is 6.04 Å². The summed E-state index contributed by atoms with van der Waals surface area (Å²) >= 11 is 0. The van der Waals surface area contributed by atoms with Crippen LogP contribution >= 0.6 is 0 Å². The number of amides is 1. The fraction of sp³-hybridized carbons (Fsp3) is 0.500. The first kappa shape index (κ1) is 12.0. The summed E-state index contributed by atoms with van der Waals surface area (Å²) in [6.07, 6.45) is 1.80. The van der Waals surface area contributed by atoms with Gasteiger partial charge in [0.2, 0.25) is 5.91 Å². The first-order valence-electron chi connectivity index (χ1n) is 6.19. The van der Waals surface area contributed by atoms with Crippen molar-refractivity contribution in [3.05, 3.63) is 29.8 Å². The zero-order valence-electron chi connectivity index (χ0n) is 10.4. The smallest absolute Gasteiger partial charge is 0.223 e. The summed E-state index contributed by atoms with van der Waals surface area (Å²) < 4.78 is 5.67. The van der Waals surface area contributed by atoms with Crippen molar-refractivity contribution in [2.45, 2.75) is 32.7 Å². The van der Waals surface area contributed by atoms with E-state index in [1.165, 1.54) is 5.56 Å². The van der Waals surface area contributed by atoms with E-state index in [4.69, 9.17) is 4.74 Å². The number of rotatable bonds is 4. The van der Waals surface area contributed by atoms with E-state index in [2.05, 4.69) is 5.32 Å². The first-order valence-corrected chi connectivity index (χ1v) is 6.19. The lowest BCUT2D eigenvalue weighted by atomic mass is 10.0. The predicted octanol–water partition coefficient (Wildman–Crippen LogP) is 2.29. The number of hydrogen-bond acceptors (Lipinski definition) is 2. The zero-order valence-corrected chi connectivity index (χ0v) is 10.4. The number of nitrogens with one attached hydrogen (secondary N) is 1. The molecule has 1 amide bonds. The number of hydrogen-bond donors (Lipinski definition) is 1. The number of carbonyl (C=O) groups is 1. The van der Waals surface area contributed by atoms with Crippen LogP contribution in [0.25, 0.3) is 0 Å². The molecule has 1 aromatic rings. The van der Waals surface area contributed by atoms with Gasteiger partial charge in [-0.25, -0.2) is 0 Å². The van der Waals surface area contributed by atoms with Crippen LogP contribution in [-0.4, -0.2) is 18.6 Å². The average molecular weight is 233 g/mol. The highest BCUT2D eigenvalue weighted by atomic mass is 16.5. The molecule has 1 unspecified atom stereocenters. The fourth-order valence-electron chi connectivity index (χ4n) is 2.12. The van der Waals surface area contributed by atoms with E-state index >= 15 is 0 Å². The molecule has 0 aliphatic carbocycles. The van der Waals surface area contributed by atoms with E-state index in [0.717, 1.165) is 18.6 Å². The Hall–Kier alpha value is -1.51. The number of ether oxygens (including phenoxy) is 1. The van der Waals surface area contributed by atoms with E-state index in [1.54, 1.807) is 0 Å². The van der Waals surface area contributed by atoms with Gasteiger partial charge in [-0.05, 0) is 31.9 Å². The lowest BCUT2D eigenvalue weighted by Crippen LogP contribution is -2.31. The van der Waals surface area contributed by atoms with Gasteiger partial charge in [-0.15, -0.1) is 0 Å². The molecule has 17 heavy (non-hydrogen) atoms. The highest BCUT2D eigenvalue weighted by Gasteiger charge is 2.30. The third-order valence-electron chi connectivity index (χ3n) is 3.25. The third-order valence-corrected chi connectivity index (χ3v) is 3.25. The summed E-state index contributed by atoms with van der Waals surface area (Å²) in [5.41, 5.74) is 1.22. The lowest BCUT2D eigenvalue weighted by Gasteiger charge is -2.12. The molecule has 2 atom stereocenters. The van der Waals surface area contributed by atoms with E-state index in [0.29, 0.717) is 6.61 Å². The van der Waals surface area contributed by atoms with E-state index in [9.17, 15) is 4.79 Å². The second kappa shape index (κ2) is 5.21. The summed E-state index contributed by atoms with van der Waals surface area (Å²) in [6, 6.07) is 8.13. The monoisotopic (exact) mass is 233 g/mol. The van der Waals surface area contributed by atoms with Crippen LogP contribution in [0.15, 0.2) is 24.3 Å². The van der Waals surface area contributed by atoms with Crippen LogP contribution in [0.5, 0.6) is 5.75 Å². The molecule has 2 rings (SSSR count). The van der Waals surface area contributed by atoms with Gasteiger partial charge in [0, 0.05) is 5.92 Å². The van der Waals surface area contributed by atoms with E-state index in [1.807, 2.05) is 38.1 Å². The SMILES string of the molecule is CC[C@@H]1CC(COc2ccc(C)cc2)NC1=O. The van der Waals surface area contributed by atoms with Gasteiger partial charge < -0.3 is 10.1 Å². The Morgan fingerprint density at radius 3 is 2.65 bits per heavy atom. The topological polar surface area (TPSA) is 38.3 Å². The molecule has 3 nitrogen and oxygen atoms in total. The van der Waals surface area contributed by atoms with Gasteiger partial charge in [0.1, 0.15) is 12.4 Å². The van der Waals surface area contributed by atoms with Crippen molar-refractivity contribution in [2.75, 3.05) is 6.61 Å². The minimum absolute atomic E-state index is 0.161. The molecular formula is C14H19NO2. The van der Waals surface area contributed by atoms with Crippen LogP contribution in [0.2, 0.25) is 0 Å². The fourth-order valence-corrected chi connectivity index (χ4v) is 2.12. The Morgan fingerprint density at radius 2 is 2.06 bits per heavy atom. The molecule has 0 saturated carbocycles. The summed E-state index contributed by atoms with van der Waals surface area (Å²) in [7, 11) is 0. The zero-order chi connectivity index (χ0) is 12.3. The first-order chi connectivity index (χ1) is 8.19. The molecule has 92 valence electrons. The van der Waals surface area contributed by atoms with Gasteiger partial charge in [-0.2, -0.15) is 0 Å². The Morgan fingerprint density at radius 1 is 1.35 bits per heavy atom. The molecule has 1 fully saturated rings. The predicted molar refractivity (Wildman–Crippen MR) is 67.0 cm³/mol. The Balaban J connectivity index is 1.83. The number of benzene rings is 1. The molecule has 0 aromatic heterocycles. The molecule has 3 heteroatoms. The van der Waals surface area contributed by atoms with Crippen molar-refractivity contribution in [1.82, 2.24) is 5.32 Å². The average Bonchev–Trinajstić information content (AvgIpc) is 2.69. The van der Waals surface area contributed by atoms with Crippen molar-refractivity contribution >= 4 is 5.91 Å². The van der Waals surface area contributed by atoms with Crippen molar-refractivity contribution in [1.29, 1.82) is 0 Å². The molecule has 1 N–H and O–H groups in total. The van der Waals surface area contributed by atoms with E-state index in [-0.39, 0.29) is 17.9 Å². The van der Waals surface area contributed by atoms with Crippen molar-refractivity contribution in [2.24, 2.45) is 5.92 Å². The maximum atomic E-state index is 11.5. The minimum Gasteiger partial charge on any atom is -0.491 e. The van der Waals surface area contributed by atoms with Gasteiger partial charge in [0.15, 0.2) is 0 Å². The molecule has 1 aromatic carbocycles. The maximum absolute atomic E-state index is 11.5. The van der Waals surface area contributed by atoms with Gasteiger partial charge in [-0.1, -0.05) is 24.6 Å². The second-order valence-electron chi connectivity index (χ2n) is 4.67. The van der Waals surface area contributed by atoms with Crippen LogP contribution < -0.4 is 10.1 Å². The summed E-state index contributed by atoms with van der Waals surface area (Å²) in [5.74, 6) is 1.21. The third kappa shape index (κ3) is 2.99. The lowest BCUT2D eigenvalue weighted by molar-refractivity contribution is -0.122. The van der Waals surface area contributed by atoms with Gasteiger partial charge >= 0.3 is 0 Å². The van der Waals surface area contributed by atoms with Crippen molar-refractivity contribution in [3.8, 4) is 5.75 Å². The van der Waals surface area contributed by atoms with Gasteiger partial charge in [-0.3, -0.25) is 4.79 Å². The van der Waals surface area contributed by atoms with Crippen molar-refractivity contribution < 1.29 is 9.53 Å². The molecule has 1 heterocycles. The summed E-state index contributed by atoms with van der Waals surface area (Å²) in [5, 5.41) is 2.97. The van der Waals surface area contributed by atoms with Gasteiger partial charge in [0.25, 0.3) is 0 Å². The number of carbonyl (C=O) groups excluding carboxylic acids is 1. The maximum Gasteiger partial charge on any atom is 0.223 e. The summed E-state index contributed by atoms with van der Waals surface area (Å²) in [4.78, 5) is 11.5. The molecule has 0 spiro atoms. The van der Waals surface area contributed by atoms with Crippen LogP contribution in [0, 0.1) is 12.8 Å². The second-order valence-corrected chi connectivity index (χ2v) is 4.67. The van der Waals surface area contributed by atoms with Crippen LogP contribution in [-0.2, 0) is 4.79 Å². The highest BCUT2D eigenvalue weighted by Crippen LogP contribution is 2.20. The largest absolute Gasteiger partial charge is 0.491 e. The van der Waals surface area contributed by atoms with Crippen LogP contribution in [0.3, 0.4) is 0 Å². The molecule has 0 radical (unpaired) electrons. The molecule has 1 aliphatic rings. The van der Waals surface area contributed by atoms with Crippen molar-refractivity contribution in [3.63, 3.8) is 0 Å². The Labute approximate surface area is 102 Å². The minimum atomic E-state index is 0.161. The highest BCUT2D eigenvalue weighted by molar-refractivity contribution is 5.81. The normalized spacial score (nSPS) is 23.5. The summed E-state index contributed by atoms with van der Waals surface area (Å²) in [6.45, 7) is 4.66. The Kier molecular flexibility index (Phi) is 3.67.